The molecule has 1 amide bonds. The van der Waals surface area contributed by atoms with Crippen LogP contribution in [-0.4, -0.2) is 17.6 Å². The summed E-state index contributed by atoms with van der Waals surface area (Å²) in [5.41, 5.74) is 3.81. The molecule has 4 heteroatoms. The lowest BCUT2D eigenvalue weighted by Crippen LogP contribution is -2.42. The first-order valence-electron chi connectivity index (χ1n) is 11.4. The van der Waals surface area contributed by atoms with Gasteiger partial charge in [0, 0.05) is 23.6 Å². The summed E-state index contributed by atoms with van der Waals surface area (Å²) in [5.74, 6) is 0.421. The largest absolute Gasteiger partial charge is 0.355 e. The van der Waals surface area contributed by atoms with Crippen molar-refractivity contribution in [3.05, 3.63) is 89.6 Å². The van der Waals surface area contributed by atoms with Crippen molar-refractivity contribution in [2.75, 3.05) is 6.54 Å². The molecule has 1 fully saturated rings. The van der Waals surface area contributed by atoms with Crippen LogP contribution in [0.1, 0.15) is 53.7 Å². The van der Waals surface area contributed by atoms with E-state index in [1.165, 1.54) is 35.8 Å². The van der Waals surface area contributed by atoms with Crippen LogP contribution >= 0.6 is 0 Å². The third kappa shape index (κ3) is 4.05. The van der Waals surface area contributed by atoms with Crippen LogP contribution in [0, 0.1) is 6.92 Å². The number of rotatable bonds is 5. The zero-order chi connectivity index (χ0) is 22.0. The average molecular weight is 425 g/mol. The molecule has 4 nitrogen and oxygen atoms in total. The van der Waals surface area contributed by atoms with E-state index in [2.05, 4.69) is 65.9 Å². The third-order valence-electron chi connectivity index (χ3n) is 6.84. The standard InChI is InChI=1S/C28H28N2O2/c1-20-9-13-24(14-10-20)28(15-5-2-6-16-28)19-29-27(31)25-18-26(32-30-25)23-12-11-21-7-3-4-8-22(21)17-23/h3-4,7-14,17-18H,2,5-6,15-16,19H2,1H3,(H,29,31). The molecule has 1 aromatic heterocycles. The molecule has 0 bridgehead atoms. The van der Waals surface area contributed by atoms with Crippen molar-refractivity contribution in [2.45, 2.75) is 44.4 Å². The molecule has 0 saturated heterocycles. The molecule has 0 atom stereocenters. The molecule has 0 aliphatic heterocycles. The Morgan fingerprint density at radius 2 is 1.69 bits per heavy atom. The Kier molecular flexibility index (Phi) is 5.52. The Labute approximate surface area is 188 Å². The molecule has 0 radical (unpaired) electrons. The molecule has 1 saturated carbocycles. The second-order valence-electron chi connectivity index (χ2n) is 9.03. The Morgan fingerprint density at radius 1 is 0.938 bits per heavy atom. The molecular weight excluding hydrogens is 396 g/mol. The van der Waals surface area contributed by atoms with Gasteiger partial charge < -0.3 is 9.84 Å². The predicted octanol–water partition coefficient (Wildman–Crippen LogP) is 6.44. The highest BCUT2D eigenvalue weighted by molar-refractivity contribution is 5.93. The highest BCUT2D eigenvalue weighted by Gasteiger charge is 2.34. The summed E-state index contributed by atoms with van der Waals surface area (Å²) in [6, 6.07) is 24.8. The average Bonchev–Trinajstić information content (AvgIpc) is 3.34. The highest BCUT2D eigenvalue weighted by atomic mass is 16.5. The fourth-order valence-electron chi connectivity index (χ4n) is 4.90. The van der Waals surface area contributed by atoms with Crippen LogP contribution in [-0.2, 0) is 5.41 Å². The number of benzene rings is 3. The van der Waals surface area contributed by atoms with E-state index < -0.39 is 0 Å². The van der Waals surface area contributed by atoms with E-state index in [1.54, 1.807) is 6.07 Å². The van der Waals surface area contributed by atoms with Crippen molar-refractivity contribution >= 4 is 16.7 Å². The zero-order valence-corrected chi connectivity index (χ0v) is 18.4. The number of hydrogen-bond acceptors (Lipinski definition) is 3. The summed E-state index contributed by atoms with van der Waals surface area (Å²) in [5, 5.41) is 9.51. The number of aromatic nitrogens is 1. The van der Waals surface area contributed by atoms with Crippen LogP contribution in [0.5, 0.6) is 0 Å². The number of carbonyl (C=O) groups excluding carboxylic acids is 1. The zero-order valence-electron chi connectivity index (χ0n) is 18.4. The smallest absolute Gasteiger partial charge is 0.273 e. The van der Waals surface area contributed by atoms with Gasteiger partial charge in [0.05, 0.1) is 0 Å². The quantitative estimate of drug-likeness (QED) is 0.401. The molecule has 1 N–H and O–H groups in total. The first-order chi connectivity index (χ1) is 15.6. The lowest BCUT2D eigenvalue weighted by atomic mass is 9.69. The van der Waals surface area contributed by atoms with Crippen LogP contribution in [0.4, 0.5) is 0 Å². The molecule has 1 aliphatic carbocycles. The third-order valence-corrected chi connectivity index (χ3v) is 6.84. The molecule has 5 rings (SSSR count). The minimum atomic E-state index is -0.183. The molecule has 4 aromatic rings. The van der Waals surface area contributed by atoms with E-state index in [0.29, 0.717) is 18.0 Å². The minimum Gasteiger partial charge on any atom is -0.355 e. The number of aryl methyl sites for hydroxylation is 1. The maximum absolute atomic E-state index is 12.9. The van der Waals surface area contributed by atoms with Crippen LogP contribution in [0.3, 0.4) is 0 Å². The number of nitrogens with one attached hydrogen (secondary N) is 1. The van der Waals surface area contributed by atoms with Gasteiger partial charge in [-0.15, -0.1) is 0 Å². The summed E-state index contributed by atoms with van der Waals surface area (Å²) in [6.45, 7) is 2.73. The lowest BCUT2D eigenvalue weighted by Gasteiger charge is -2.38. The van der Waals surface area contributed by atoms with Gasteiger partial charge in [0.15, 0.2) is 11.5 Å². The summed E-state index contributed by atoms with van der Waals surface area (Å²) < 4.78 is 5.52. The van der Waals surface area contributed by atoms with E-state index in [1.807, 2.05) is 18.2 Å². The van der Waals surface area contributed by atoms with Gasteiger partial charge in [-0.25, -0.2) is 0 Å². The van der Waals surface area contributed by atoms with Crippen LogP contribution in [0.2, 0.25) is 0 Å². The molecule has 1 heterocycles. The first-order valence-corrected chi connectivity index (χ1v) is 11.4. The van der Waals surface area contributed by atoms with Crippen molar-refractivity contribution in [1.82, 2.24) is 10.5 Å². The van der Waals surface area contributed by atoms with Gasteiger partial charge in [-0.1, -0.05) is 90.6 Å². The fourth-order valence-corrected chi connectivity index (χ4v) is 4.90. The lowest BCUT2D eigenvalue weighted by molar-refractivity contribution is 0.0927. The van der Waals surface area contributed by atoms with Gasteiger partial charge in [-0.3, -0.25) is 4.79 Å². The second kappa shape index (κ2) is 8.62. The van der Waals surface area contributed by atoms with Crippen molar-refractivity contribution in [3.8, 4) is 11.3 Å². The second-order valence-corrected chi connectivity index (χ2v) is 9.03. The normalized spacial score (nSPS) is 15.5. The van der Waals surface area contributed by atoms with Gasteiger partial charge in [0.25, 0.3) is 5.91 Å². The van der Waals surface area contributed by atoms with E-state index in [4.69, 9.17) is 4.52 Å². The van der Waals surface area contributed by atoms with Crippen LogP contribution in [0.25, 0.3) is 22.1 Å². The van der Waals surface area contributed by atoms with Crippen LogP contribution < -0.4 is 5.32 Å². The van der Waals surface area contributed by atoms with Gasteiger partial charge in [-0.2, -0.15) is 0 Å². The maximum atomic E-state index is 12.9. The Hall–Kier alpha value is -3.40. The number of hydrogen-bond donors (Lipinski definition) is 1. The van der Waals surface area contributed by atoms with Crippen molar-refractivity contribution < 1.29 is 9.32 Å². The molecule has 32 heavy (non-hydrogen) atoms. The Bertz CT molecular complexity index is 1230. The van der Waals surface area contributed by atoms with Gasteiger partial charge in [-0.05, 0) is 42.2 Å². The molecule has 3 aromatic carbocycles. The monoisotopic (exact) mass is 424 g/mol. The van der Waals surface area contributed by atoms with Crippen molar-refractivity contribution in [2.24, 2.45) is 0 Å². The summed E-state index contributed by atoms with van der Waals surface area (Å²) in [7, 11) is 0. The molecule has 1 aliphatic rings. The number of amides is 1. The van der Waals surface area contributed by atoms with E-state index in [-0.39, 0.29) is 11.3 Å². The SMILES string of the molecule is Cc1ccc(C2(CNC(=O)c3cc(-c4ccc5ccccc5c4)on3)CCCCC2)cc1. The van der Waals surface area contributed by atoms with Crippen LogP contribution in [0.15, 0.2) is 77.3 Å². The van der Waals surface area contributed by atoms with Gasteiger partial charge in [0.1, 0.15) is 0 Å². The summed E-state index contributed by atoms with van der Waals surface area (Å²) >= 11 is 0. The Morgan fingerprint density at radius 3 is 2.47 bits per heavy atom. The maximum Gasteiger partial charge on any atom is 0.273 e. The number of fused-ring (bicyclic) bond motifs is 1. The first kappa shape index (κ1) is 20.5. The van der Waals surface area contributed by atoms with Crippen molar-refractivity contribution in [1.29, 1.82) is 0 Å². The minimum absolute atomic E-state index is 0.00742. The number of nitrogens with zero attached hydrogens (tertiary/aromatic N) is 1. The summed E-state index contributed by atoms with van der Waals surface area (Å²) in [6.07, 6.45) is 5.84. The van der Waals surface area contributed by atoms with E-state index in [0.717, 1.165) is 23.8 Å². The predicted molar refractivity (Wildman–Crippen MR) is 128 cm³/mol. The molecular formula is C28H28N2O2. The number of carbonyl (C=O) groups is 1. The van der Waals surface area contributed by atoms with E-state index in [9.17, 15) is 4.79 Å². The molecule has 162 valence electrons. The van der Waals surface area contributed by atoms with E-state index >= 15 is 0 Å². The fraction of sp³-hybridized carbons (Fsp3) is 0.286. The van der Waals surface area contributed by atoms with Gasteiger partial charge in [0.2, 0.25) is 0 Å². The van der Waals surface area contributed by atoms with Crippen molar-refractivity contribution in [3.63, 3.8) is 0 Å². The highest BCUT2D eigenvalue weighted by Crippen LogP contribution is 2.39. The molecule has 0 spiro atoms. The molecule has 0 unspecified atom stereocenters. The Balaban J connectivity index is 1.33. The topological polar surface area (TPSA) is 55.1 Å². The summed E-state index contributed by atoms with van der Waals surface area (Å²) in [4.78, 5) is 12.9. The van der Waals surface area contributed by atoms with Gasteiger partial charge >= 0.3 is 0 Å².